The van der Waals surface area contributed by atoms with E-state index < -0.39 is 0 Å². The van der Waals surface area contributed by atoms with E-state index in [1.807, 2.05) is 45.2 Å². The van der Waals surface area contributed by atoms with Crippen molar-refractivity contribution < 1.29 is 4.79 Å². The van der Waals surface area contributed by atoms with Crippen LogP contribution >= 0.6 is 22.7 Å². The maximum Gasteiger partial charge on any atom is 0.255 e. The number of nitrogens with zero attached hydrogens (tertiary/aromatic N) is 2. The fraction of sp³-hybridized carbons (Fsp3) is 0.250. The molecule has 108 valence electrons. The SMILES string of the molecule is Cc1cc(C(=O)N(C)Cc2nc3ccccc3s2)c(C)s1. The molecule has 0 spiro atoms. The van der Waals surface area contributed by atoms with Crippen molar-refractivity contribution in [3.8, 4) is 0 Å². The number of aromatic nitrogens is 1. The minimum atomic E-state index is 0.0658. The second kappa shape index (κ2) is 5.58. The molecular formula is C16H16N2OS2. The van der Waals surface area contributed by atoms with Crippen LogP contribution in [0.2, 0.25) is 0 Å². The molecule has 3 rings (SSSR count). The Bertz CT molecular complexity index is 771. The highest BCUT2D eigenvalue weighted by Gasteiger charge is 2.17. The van der Waals surface area contributed by atoms with E-state index in [4.69, 9.17) is 0 Å². The van der Waals surface area contributed by atoms with Crippen molar-refractivity contribution in [1.82, 2.24) is 9.88 Å². The molecular weight excluding hydrogens is 300 g/mol. The van der Waals surface area contributed by atoms with Crippen molar-refractivity contribution >= 4 is 38.8 Å². The molecule has 1 aromatic carbocycles. The van der Waals surface area contributed by atoms with Crippen molar-refractivity contribution in [3.63, 3.8) is 0 Å². The van der Waals surface area contributed by atoms with Gasteiger partial charge in [0.05, 0.1) is 22.3 Å². The lowest BCUT2D eigenvalue weighted by atomic mass is 10.2. The van der Waals surface area contributed by atoms with Crippen LogP contribution < -0.4 is 0 Å². The largest absolute Gasteiger partial charge is 0.335 e. The van der Waals surface area contributed by atoms with E-state index in [2.05, 4.69) is 11.1 Å². The molecule has 5 heteroatoms. The van der Waals surface area contributed by atoms with Crippen molar-refractivity contribution in [2.24, 2.45) is 0 Å². The summed E-state index contributed by atoms with van der Waals surface area (Å²) in [5.74, 6) is 0.0658. The molecule has 0 radical (unpaired) electrons. The Balaban J connectivity index is 1.80. The molecule has 21 heavy (non-hydrogen) atoms. The smallest absolute Gasteiger partial charge is 0.255 e. The molecule has 0 saturated carbocycles. The number of aryl methyl sites for hydroxylation is 2. The molecule has 0 unspecified atom stereocenters. The van der Waals surface area contributed by atoms with Gasteiger partial charge in [0.15, 0.2) is 0 Å². The fourth-order valence-corrected chi connectivity index (χ4v) is 4.25. The topological polar surface area (TPSA) is 33.2 Å². The molecule has 3 nitrogen and oxygen atoms in total. The average molecular weight is 316 g/mol. The number of rotatable bonds is 3. The molecule has 2 heterocycles. The maximum absolute atomic E-state index is 12.5. The summed E-state index contributed by atoms with van der Waals surface area (Å²) in [7, 11) is 1.83. The van der Waals surface area contributed by atoms with E-state index in [1.165, 1.54) is 4.88 Å². The van der Waals surface area contributed by atoms with Gasteiger partial charge in [0.1, 0.15) is 5.01 Å². The van der Waals surface area contributed by atoms with Gasteiger partial charge in [0, 0.05) is 16.8 Å². The first-order valence-corrected chi connectivity index (χ1v) is 8.35. The zero-order valence-corrected chi connectivity index (χ0v) is 13.8. The van der Waals surface area contributed by atoms with Gasteiger partial charge in [-0.15, -0.1) is 22.7 Å². The van der Waals surface area contributed by atoms with E-state index in [0.29, 0.717) is 6.54 Å². The van der Waals surface area contributed by atoms with Crippen LogP contribution in [-0.2, 0) is 6.54 Å². The van der Waals surface area contributed by atoms with E-state index >= 15 is 0 Å². The Hall–Kier alpha value is -1.72. The van der Waals surface area contributed by atoms with Crippen molar-refractivity contribution in [2.45, 2.75) is 20.4 Å². The number of fused-ring (bicyclic) bond motifs is 1. The number of amides is 1. The predicted molar refractivity (Wildman–Crippen MR) is 89.2 cm³/mol. The van der Waals surface area contributed by atoms with Gasteiger partial charge in [-0.2, -0.15) is 0 Å². The zero-order valence-electron chi connectivity index (χ0n) is 12.2. The van der Waals surface area contributed by atoms with E-state index in [9.17, 15) is 4.79 Å². The van der Waals surface area contributed by atoms with Crippen LogP contribution in [-0.4, -0.2) is 22.8 Å². The summed E-state index contributed by atoms with van der Waals surface area (Å²) in [6, 6.07) is 10.0. The van der Waals surface area contributed by atoms with Crippen LogP contribution in [0.5, 0.6) is 0 Å². The number of para-hydroxylation sites is 1. The van der Waals surface area contributed by atoms with Crippen LogP contribution in [0.3, 0.4) is 0 Å². The molecule has 0 atom stereocenters. The van der Waals surface area contributed by atoms with Crippen LogP contribution in [0.1, 0.15) is 25.1 Å². The third-order valence-corrected chi connectivity index (χ3v) is 5.32. The third-order valence-electron chi connectivity index (χ3n) is 3.33. The van der Waals surface area contributed by atoms with Gasteiger partial charge >= 0.3 is 0 Å². The van der Waals surface area contributed by atoms with Crippen molar-refractivity contribution in [2.75, 3.05) is 7.05 Å². The first-order valence-electron chi connectivity index (χ1n) is 6.71. The van der Waals surface area contributed by atoms with Gasteiger partial charge in [-0.05, 0) is 32.0 Å². The number of thiophene rings is 1. The molecule has 0 bridgehead atoms. The molecule has 0 aliphatic carbocycles. The molecule has 0 aliphatic rings. The summed E-state index contributed by atoms with van der Waals surface area (Å²) in [5, 5.41) is 0.969. The van der Waals surface area contributed by atoms with Crippen LogP contribution in [0.25, 0.3) is 10.2 Å². The summed E-state index contributed by atoms with van der Waals surface area (Å²) in [4.78, 5) is 21.1. The Labute approximate surface area is 131 Å². The standard InChI is InChI=1S/C16H16N2OS2/c1-10-8-12(11(2)20-10)16(19)18(3)9-15-17-13-6-4-5-7-14(13)21-15/h4-8H,9H2,1-3H3. The first-order chi connectivity index (χ1) is 10.0. The number of carbonyl (C=O) groups excluding carboxylic acids is 1. The summed E-state index contributed by atoms with van der Waals surface area (Å²) in [6.07, 6.45) is 0. The summed E-state index contributed by atoms with van der Waals surface area (Å²) in [5.41, 5.74) is 1.81. The Morgan fingerprint density at radius 3 is 2.67 bits per heavy atom. The number of thiazole rings is 1. The highest BCUT2D eigenvalue weighted by Crippen LogP contribution is 2.25. The molecule has 3 aromatic rings. The minimum absolute atomic E-state index is 0.0658. The van der Waals surface area contributed by atoms with Crippen LogP contribution in [0.4, 0.5) is 0 Å². The zero-order chi connectivity index (χ0) is 15.0. The lowest BCUT2D eigenvalue weighted by Gasteiger charge is -2.15. The Kier molecular flexibility index (Phi) is 3.78. The predicted octanol–water partition coefficient (Wildman–Crippen LogP) is 4.25. The monoisotopic (exact) mass is 316 g/mol. The van der Waals surface area contributed by atoms with Gasteiger partial charge < -0.3 is 4.90 Å². The van der Waals surface area contributed by atoms with E-state index in [1.54, 1.807) is 27.6 Å². The van der Waals surface area contributed by atoms with Crippen LogP contribution in [0, 0.1) is 13.8 Å². The number of benzene rings is 1. The highest BCUT2D eigenvalue weighted by molar-refractivity contribution is 7.18. The number of carbonyl (C=O) groups is 1. The lowest BCUT2D eigenvalue weighted by molar-refractivity contribution is 0.0785. The van der Waals surface area contributed by atoms with Crippen LogP contribution in [0.15, 0.2) is 30.3 Å². The third kappa shape index (κ3) is 2.84. The van der Waals surface area contributed by atoms with Crippen molar-refractivity contribution in [3.05, 3.63) is 50.7 Å². The minimum Gasteiger partial charge on any atom is -0.335 e. The van der Waals surface area contributed by atoms with Gasteiger partial charge in [-0.25, -0.2) is 4.98 Å². The van der Waals surface area contributed by atoms with Gasteiger partial charge in [0.25, 0.3) is 5.91 Å². The molecule has 0 N–H and O–H groups in total. The molecule has 2 aromatic heterocycles. The molecule has 1 amide bonds. The number of hydrogen-bond donors (Lipinski definition) is 0. The summed E-state index contributed by atoms with van der Waals surface area (Å²) in [6.45, 7) is 4.57. The van der Waals surface area contributed by atoms with E-state index in [0.717, 1.165) is 25.7 Å². The van der Waals surface area contributed by atoms with Gasteiger partial charge in [0.2, 0.25) is 0 Å². The Morgan fingerprint density at radius 2 is 2.00 bits per heavy atom. The maximum atomic E-state index is 12.5. The lowest BCUT2D eigenvalue weighted by Crippen LogP contribution is -2.26. The molecule has 0 aliphatic heterocycles. The highest BCUT2D eigenvalue weighted by atomic mass is 32.1. The first kappa shape index (κ1) is 14.2. The van der Waals surface area contributed by atoms with Gasteiger partial charge in [-0.3, -0.25) is 4.79 Å². The average Bonchev–Trinajstić information content (AvgIpc) is 3.00. The molecule has 0 fully saturated rings. The fourth-order valence-electron chi connectivity index (χ4n) is 2.31. The molecule has 0 saturated heterocycles. The quantitative estimate of drug-likeness (QED) is 0.724. The summed E-state index contributed by atoms with van der Waals surface area (Å²) >= 11 is 3.31. The van der Waals surface area contributed by atoms with Gasteiger partial charge in [-0.1, -0.05) is 12.1 Å². The van der Waals surface area contributed by atoms with Crippen molar-refractivity contribution in [1.29, 1.82) is 0 Å². The normalized spacial score (nSPS) is 11.0. The second-order valence-corrected chi connectivity index (χ2v) is 7.64. The summed E-state index contributed by atoms with van der Waals surface area (Å²) < 4.78 is 1.16. The Morgan fingerprint density at radius 1 is 1.24 bits per heavy atom. The second-order valence-electron chi connectivity index (χ2n) is 5.06. The van der Waals surface area contributed by atoms with E-state index in [-0.39, 0.29) is 5.91 Å². The number of hydrogen-bond acceptors (Lipinski definition) is 4.